The van der Waals surface area contributed by atoms with Crippen LogP contribution < -0.4 is 5.32 Å². The molecule has 0 spiro atoms. The fourth-order valence-electron chi connectivity index (χ4n) is 2.23. The number of nitrogens with one attached hydrogen (secondary N) is 1. The Morgan fingerprint density at radius 2 is 2.17 bits per heavy atom. The van der Waals surface area contributed by atoms with Crippen molar-refractivity contribution in [3.05, 3.63) is 22.4 Å². The second-order valence-electron chi connectivity index (χ2n) is 5.57. The standard InChI is InChI=1S/C14H21BrN2O/c1-9(2)17-8-12(15)6-13(17)14(18)16-7-10(3)11-4-5-11/h6,8-11H,4-5,7H2,1-3H3,(H,16,18). The van der Waals surface area contributed by atoms with Crippen LogP contribution in [-0.2, 0) is 0 Å². The lowest BCUT2D eigenvalue weighted by atomic mass is 10.1. The first-order valence-electron chi connectivity index (χ1n) is 6.64. The van der Waals surface area contributed by atoms with Crippen molar-refractivity contribution in [3.63, 3.8) is 0 Å². The average molecular weight is 313 g/mol. The van der Waals surface area contributed by atoms with E-state index >= 15 is 0 Å². The van der Waals surface area contributed by atoms with Gasteiger partial charge in [0.2, 0.25) is 0 Å². The minimum Gasteiger partial charge on any atom is -0.350 e. The molecule has 0 aliphatic heterocycles. The summed E-state index contributed by atoms with van der Waals surface area (Å²) in [5, 5.41) is 3.05. The number of hydrogen-bond acceptors (Lipinski definition) is 1. The van der Waals surface area contributed by atoms with Gasteiger partial charge in [0.1, 0.15) is 5.69 Å². The van der Waals surface area contributed by atoms with Gasteiger partial charge in [-0.1, -0.05) is 6.92 Å². The van der Waals surface area contributed by atoms with Gasteiger partial charge in [-0.3, -0.25) is 4.79 Å². The molecule has 1 aliphatic carbocycles. The zero-order chi connectivity index (χ0) is 13.3. The first kappa shape index (κ1) is 13.7. The number of amides is 1. The molecule has 1 aromatic heterocycles. The van der Waals surface area contributed by atoms with Gasteiger partial charge in [0.25, 0.3) is 5.91 Å². The van der Waals surface area contributed by atoms with E-state index in [1.807, 2.05) is 16.8 Å². The fraction of sp³-hybridized carbons (Fsp3) is 0.643. The molecular formula is C14H21BrN2O. The molecule has 100 valence electrons. The minimum absolute atomic E-state index is 0.0295. The van der Waals surface area contributed by atoms with E-state index in [-0.39, 0.29) is 11.9 Å². The zero-order valence-electron chi connectivity index (χ0n) is 11.2. The molecular weight excluding hydrogens is 292 g/mol. The molecule has 1 unspecified atom stereocenters. The van der Waals surface area contributed by atoms with Crippen molar-refractivity contribution < 1.29 is 4.79 Å². The van der Waals surface area contributed by atoms with Crippen LogP contribution in [0, 0.1) is 11.8 Å². The maximum absolute atomic E-state index is 12.2. The highest BCUT2D eigenvalue weighted by Crippen LogP contribution is 2.36. The molecule has 1 N–H and O–H groups in total. The number of nitrogens with zero attached hydrogens (tertiary/aromatic N) is 1. The van der Waals surface area contributed by atoms with Crippen LogP contribution in [0.1, 0.15) is 50.1 Å². The smallest absolute Gasteiger partial charge is 0.267 e. The lowest BCUT2D eigenvalue weighted by molar-refractivity contribution is 0.0936. The highest BCUT2D eigenvalue weighted by molar-refractivity contribution is 9.10. The van der Waals surface area contributed by atoms with Gasteiger partial charge in [-0.15, -0.1) is 0 Å². The van der Waals surface area contributed by atoms with Gasteiger partial charge >= 0.3 is 0 Å². The maximum Gasteiger partial charge on any atom is 0.267 e. The van der Waals surface area contributed by atoms with Crippen molar-refractivity contribution in [2.24, 2.45) is 11.8 Å². The summed E-state index contributed by atoms with van der Waals surface area (Å²) in [4.78, 5) is 12.2. The van der Waals surface area contributed by atoms with E-state index < -0.39 is 0 Å². The second-order valence-corrected chi connectivity index (χ2v) is 6.48. The Kier molecular flexibility index (Phi) is 4.15. The molecule has 1 amide bonds. The van der Waals surface area contributed by atoms with Crippen molar-refractivity contribution in [2.75, 3.05) is 6.54 Å². The van der Waals surface area contributed by atoms with E-state index in [0.29, 0.717) is 5.92 Å². The summed E-state index contributed by atoms with van der Waals surface area (Å²) in [6, 6.07) is 2.18. The van der Waals surface area contributed by atoms with Gasteiger partial charge in [-0.2, -0.15) is 0 Å². The molecule has 0 radical (unpaired) electrons. The molecule has 1 fully saturated rings. The molecule has 1 aliphatic rings. The van der Waals surface area contributed by atoms with E-state index in [1.165, 1.54) is 12.8 Å². The van der Waals surface area contributed by atoms with Gasteiger partial charge in [0.15, 0.2) is 0 Å². The van der Waals surface area contributed by atoms with Crippen molar-refractivity contribution in [2.45, 2.75) is 39.7 Å². The Labute approximate surface area is 117 Å². The predicted octanol–water partition coefficient (Wildman–Crippen LogP) is 3.61. The highest BCUT2D eigenvalue weighted by Gasteiger charge is 2.28. The molecule has 0 aromatic carbocycles. The SMILES string of the molecule is CC(CNC(=O)c1cc(Br)cn1C(C)C)C1CC1. The Morgan fingerprint density at radius 3 is 2.72 bits per heavy atom. The Morgan fingerprint density at radius 1 is 1.50 bits per heavy atom. The predicted molar refractivity (Wildman–Crippen MR) is 76.7 cm³/mol. The number of carbonyl (C=O) groups excluding carboxylic acids is 1. The fourth-order valence-corrected chi connectivity index (χ4v) is 2.67. The molecule has 1 atom stereocenters. The topological polar surface area (TPSA) is 34.0 Å². The molecule has 2 rings (SSSR count). The van der Waals surface area contributed by atoms with Crippen LogP contribution in [0.3, 0.4) is 0 Å². The van der Waals surface area contributed by atoms with Gasteiger partial charge < -0.3 is 9.88 Å². The third kappa shape index (κ3) is 3.16. The zero-order valence-corrected chi connectivity index (χ0v) is 12.8. The van der Waals surface area contributed by atoms with Gasteiger partial charge in [-0.25, -0.2) is 0 Å². The maximum atomic E-state index is 12.2. The normalized spacial score (nSPS) is 16.9. The molecule has 4 heteroatoms. The van der Waals surface area contributed by atoms with E-state index in [4.69, 9.17) is 0 Å². The molecule has 0 bridgehead atoms. The number of carbonyl (C=O) groups is 1. The summed E-state index contributed by atoms with van der Waals surface area (Å²) in [6.07, 6.45) is 4.61. The van der Waals surface area contributed by atoms with Crippen LogP contribution in [0.4, 0.5) is 0 Å². The van der Waals surface area contributed by atoms with E-state index in [1.54, 1.807) is 0 Å². The summed E-state index contributed by atoms with van der Waals surface area (Å²) in [6.45, 7) is 7.16. The molecule has 1 aromatic rings. The summed E-state index contributed by atoms with van der Waals surface area (Å²) in [7, 11) is 0. The van der Waals surface area contributed by atoms with Gasteiger partial charge in [0.05, 0.1) is 0 Å². The molecule has 1 saturated carbocycles. The van der Waals surface area contributed by atoms with Crippen LogP contribution in [-0.4, -0.2) is 17.0 Å². The van der Waals surface area contributed by atoms with Gasteiger partial charge in [-0.05, 0) is 60.5 Å². The third-order valence-electron chi connectivity index (χ3n) is 3.62. The van der Waals surface area contributed by atoms with Crippen molar-refractivity contribution in [3.8, 4) is 0 Å². The van der Waals surface area contributed by atoms with Crippen molar-refractivity contribution in [1.82, 2.24) is 9.88 Å². The van der Waals surface area contributed by atoms with Crippen LogP contribution in [0.25, 0.3) is 0 Å². The van der Waals surface area contributed by atoms with E-state index in [2.05, 4.69) is 42.0 Å². The number of rotatable bonds is 5. The van der Waals surface area contributed by atoms with Crippen molar-refractivity contribution >= 4 is 21.8 Å². The summed E-state index contributed by atoms with van der Waals surface area (Å²) in [5.41, 5.74) is 0.736. The van der Waals surface area contributed by atoms with Crippen LogP contribution >= 0.6 is 15.9 Å². The largest absolute Gasteiger partial charge is 0.350 e. The first-order valence-corrected chi connectivity index (χ1v) is 7.44. The lowest BCUT2D eigenvalue weighted by Crippen LogP contribution is -2.30. The second kappa shape index (κ2) is 5.47. The van der Waals surface area contributed by atoms with E-state index in [0.717, 1.165) is 22.6 Å². The highest BCUT2D eigenvalue weighted by atomic mass is 79.9. The lowest BCUT2D eigenvalue weighted by Gasteiger charge is -2.14. The van der Waals surface area contributed by atoms with Crippen molar-refractivity contribution in [1.29, 1.82) is 0 Å². The molecule has 1 heterocycles. The average Bonchev–Trinajstić information content (AvgIpc) is 3.08. The quantitative estimate of drug-likeness (QED) is 0.885. The number of aromatic nitrogens is 1. The van der Waals surface area contributed by atoms with Crippen LogP contribution in [0.2, 0.25) is 0 Å². The monoisotopic (exact) mass is 312 g/mol. The van der Waals surface area contributed by atoms with Crippen LogP contribution in [0.5, 0.6) is 0 Å². The minimum atomic E-state index is 0.0295. The third-order valence-corrected chi connectivity index (χ3v) is 4.05. The molecule has 0 saturated heterocycles. The first-order chi connectivity index (χ1) is 8.49. The number of hydrogen-bond donors (Lipinski definition) is 1. The molecule has 18 heavy (non-hydrogen) atoms. The van der Waals surface area contributed by atoms with Crippen LogP contribution in [0.15, 0.2) is 16.7 Å². The summed E-state index contributed by atoms with van der Waals surface area (Å²) in [5.74, 6) is 1.45. The Bertz CT molecular complexity index is 435. The van der Waals surface area contributed by atoms with Gasteiger partial charge in [0, 0.05) is 23.3 Å². The summed E-state index contributed by atoms with van der Waals surface area (Å²) < 4.78 is 2.96. The van der Waals surface area contributed by atoms with E-state index in [9.17, 15) is 4.79 Å². The Balaban J connectivity index is 1.99. The summed E-state index contributed by atoms with van der Waals surface area (Å²) >= 11 is 3.43. The Hall–Kier alpha value is -0.770. The number of halogens is 1. The molecule has 3 nitrogen and oxygen atoms in total.